The fraction of sp³-hybridized carbons (Fsp3) is 0.308. The topological polar surface area (TPSA) is 12.9 Å². The highest BCUT2D eigenvalue weighted by atomic mass is 14.7. The summed E-state index contributed by atoms with van der Waals surface area (Å²) in [5.41, 5.74) is 4.95. The van der Waals surface area contributed by atoms with E-state index in [0.29, 0.717) is 0 Å². The quantitative estimate of drug-likeness (QED) is 0.663. The Hall–Kier alpha value is -1.37. The molecule has 2 aromatic rings. The van der Waals surface area contributed by atoms with Gasteiger partial charge >= 0.3 is 0 Å². The molecule has 2 rings (SSSR count). The van der Waals surface area contributed by atoms with Gasteiger partial charge in [0.25, 0.3) is 0 Å². The number of nitrogens with zero attached hydrogens (tertiary/aromatic N) is 1. The number of benzene rings is 1. The minimum atomic E-state index is 1.00. The van der Waals surface area contributed by atoms with Crippen molar-refractivity contribution >= 4 is 10.9 Å². The highest BCUT2D eigenvalue weighted by molar-refractivity contribution is 5.82. The van der Waals surface area contributed by atoms with Crippen molar-refractivity contribution in [1.29, 1.82) is 0 Å². The first kappa shape index (κ1) is 9.20. The molecule has 0 aliphatic carbocycles. The summed E-state index contributed by atoms with van der Waals surface area (Å²) in [5.74, 6) is 0. The van der Waals surface area contributed by atoms with Crippen molar-refractivity contribution in [3.05, 3.63) is 41.1 Å². The standard InChI is InChI=1S/C13H15N/c1-4-12-8-7-11-6-5-9(2)10(3)13(11)14-12/h5-8H,4H2,1-3H3. The first-order valence-corrected chi connectivity index (χ1v) is 5.08. The van der Waals surface area contributed by atoms with Crippen molar-refractivity contribution in [2.75, 3.05) is 0 Å². The summed E-state index contributed by atoms with van der Waals surface area (Å²) < 4.78 is 0. The van der Waals surface area contributed by atoms with Crippen molar-refractivity contribution in [2.45, 2.75) is 27.2 Å². The monoisotopic (exact) mass is 185 g/mol. The summed E-state index contributed by atoms with van der Waals surface area (Å²) >= 11 is 0. The molecule has 0 N–H and O–H groups in total. The van der Waals surface area contributed by atoms with Crippen LogP contribution in [-0.4, -0.2) is 4.98 Å². The molecule has 0 atom stereocenters. The summed E-state index contributed by atoms with van der Waals surface area (Å²) in [6, 6.07) is 8.57. The van der Waals surface area contributed by atoms with E-state index < -0.39 is 0 Å². The van der Waals surface area contributed by atoms with Gasteiger partial charge in [-0.15, -0.1) is 0 Å². The number of aromatic nitrogens is 1. The van der Waals surface area contributed by atoms with Crippen molar-refractivity contribution < 1.29 is 0 Å². The van der Waals surface area contributed by atoms with E-state index in [9.17, 15) is 0 Å². The molecule has 1 heterocycles. The van der Waals surface area contributed by atoms with Gasteiger partial charge in [0.05, 0.1) is 5.52 Å². The minimum absolute atomic E-state index is 1.00. The average molecular weight is 185 g/mol. The highest BCUT2D eigenvalue weighted by Gasteiger charge is 2.02. The second-order valence-electron chi connectivity index (χ2n) is 3.74. The van der Waals surface area contributed by atoms with Crippen molar-refractivity contribution in [2.24, 2.45) is 0 Å². The number of hydrogen-bond donors (Lipinski definition) is 0. The average Bonchev–Trinajstić information content (AvgIpc) is 2.23. The lowest BCUT2D eigenvalue weighted by Gasteiger charge is -2.06. The normalized spacial score (nSPS) is 10.8. The second kappa shape index (κ2) is 3.41. The molecular formula is C13H15N. The van der Waals surface area contributed by atoms with E-state index in [1.807, 2.05) is 0 Å². The molecule has 0 aliphatic rings. The van der Waals surface area contributed by atoms with Crippen LogP contribution in [0.5, 0.6) is 0 Å². The molecule has 72 valence electrons. The second-order valence-corrected chi connectivity index (χ2v) is 3.74. The predicted octanol–water partition coefficient (Wildman–Crippen LogP) is 3.41. The van der Waals surface area contributed by atoms with Crippen LogP contribution in [0.15, 0.2) is 24.3 Å². The third kappa shape index (κ3) is 1.39. The Kier molecular flexibility index (Phi) is 2.24. The van der Waals surface area contributed by atoms with E-state index in [1.54, 1.807) is 0 Å². The SMILES string of the molecule is CCc1ccc2ccc(C)c(C)c2n1. The van der Waals surface area contributed by atoms with Gasteiger partial charge in [-0.2, -0.15) is 0 Å². The molecule has 0 radical (unpaired) electrons. The molecule has 0 spiro atoms. The zero-order valence-corrected chi connectivity index (χ0v) is 8.96. The van der Waals surface area contributed by atoms with Crippen LogP contribution in [0.4, 0.5) is 0 Å². The van der Waals surface area contributed by atoms with Gasteiger partial charge in [-0.1, -0.05) is 25.1 Å². The molecule has 0 amide bonds. The van der Waals surface area contributed by atoms with Gasteiger partial charge in [-0.05, 0) is 37.5 Å². The Bertz CT molecular complexity index is 472. The molecule has 1 aromatic carbocycles. The minimum Gasteiger partial charge on any atom is -0.253 e. The molecule has 14 heavy (non-hydrogen) atoms. The lowest BCUT2D eigenvalue weighted by atomic mass is 10.0. The predicted molar refractivity (Wildman–Crippen MR) is 60.6 cm³/mol. The Morgan fingerprint density at radius 1 is 1.07 bits per heavy atom. The van der Waals surface area contributed by atoms with Crippen LogP contribution in [0.25, 0.3) is 10.9 Å². The lowest BCUT2D eigenvalue weighted by Crippen LogP contribution is -1.91. The maximum atomic E-state index is 4.65. The molecule has 0 aliphatic heterocycles. The fourth-order valence-electron chi connectivity index (χ4n) is 1.67. The van der Waals surface area contributed by atoms with E-state index in [4.69, 9.17) is 0 Å². The van der Waals surface area contributed by atoms with Crippen molar-refractivity contribution in [3.63, 3.8) is 0 Å². The van der Waals surface area contributed by atoms with E-state index in [2.05, 4.69) is 50.0 Å². The Balaban J connectivity index is 2.78. The maximum absolute atomic E-state index is 4.65. The van der Waals surface area contributed by atoms with Gasteiger partial charge in [0, 0.05) is 11.1 Å². The number of hydrogen-bond acceptors (Lipinski definition) is 1. The lowest BCUT2D eigenvalue weighted by molar-refractivity contribution is 1.05. The first-order chi connectivity index (χ1) is 6.72. The first-order valence-electron chi connectivity index (χ1n) is 5.08. The summed E-state index contributed by atoms with van der Waals surface area (Å²) in [5, 5.41) is 1.24. The molecule has 0 saturated carbocycles. The van der Waals surface area contributed by atoms with Gasteiger partial charge in [-0.25, -0.2) is 0 Å². The molecule has 0 fully saturated rings. The molecule has 0 saturated heterocycles. The van der Waals surface area contributed by atoms with Crippen molar-refractivity contribution in [1.82, 2.24) is 4.98 Å². The maximum Gasteiger partial charge on any atom is 0.0737 e. The molecule has 1 aromatic heterocycles. The van der Waals surface area contributed by atoms with E-state index in [-0.39, 0.29) is 0 Å². The van der Waals surface area contributed by atoms with Gasteiger partial charge < -0.3 is 0 Å². The molecule has 1 nitrogen and oxygen atoms in total. The van der Waals surface area contributed by atoms with Crippen LogP contribution in [0, 0.1) is 13.8 Å². The summed E-state index contributed by atoms with van der Waals surface area (Å²) in [6.45, 7) is 6.42. The zero-order chi connectivity index (χ0) is 10.1. The van der Waals surface area contributed by atoms with Crippen molar-refractivity contribution in [3.8, 4) is 0 Å². The number of fused-ring (bicyclic) bond motifs is 1. The van der Waals surface area contributed by atoms with E-state index in [1.165, 1.54) is 22.2 Å². The molecule has 0 unspecified atom stereocenters. The number of aryl methyl sites for hydroxylation is 3. The molecular weight excluding hydrogens is 170 g/mol. The van der Waals surface area contributed by atoms with Gasteiger partial charge in [0.15, 0.2) is 0 Å². The third-order valence-corrected chi connectivity index (χ3v) is 2.81. The summed E-state index contributed by atoms with van der Waals surface area (Å²) in [7, 11) is 0. The van der Waals surface area contributed by atoms with Gasteiger partial charge in [0.1, 0.15) is 0 Å². The van der Waals surface area contributed by atoms with Crippen LogP contribution in [0.1, 0.15) is 23.7 Å². The van der Waals surface area contributed by atoms with Crippen LogP contribution in [0.2, 0.25) is 0 Å². The Labute approximate surface area is 84.8 Å². The highest BCUT2D eigenvalue weighted by Crippen LogP contribution is 2.19. The number of pyridine rings is 1. The van der Waals surface area contributed by atoms with Crippen LogP contribution in [-0.2, 0) is 6.42 Å². The molecule has 0 bridgehead atoms. The van der Waals surface area contributed by atoms with Crippen LogP contribution >= 0.6 is 0 Å². The Morgan fingerprint density at radius 3 is 2.50 bits per heavy atom. The van der Waals surface area contributed by atoms with Gasteiger partial charge in [-0.3, -0.25) is 4.98 Å². The third-order valence-electron chi connectivity index (χ3n) is 2.81. The zero-order valence-electron chi connectivity index (χ0n) is 8.96. The largest absolute Gasteiger partial charge is 0.253 e. The van der Waals surface area contributed by atoms with Crippen LogP contribution in [0.3, 0.4) is 0 Å². The fourth-order valence-corrected chi connectivity index (χ4v) is 1.67. The van der Waals surface area contributed by atoms with E-state index in [0.717, 1.165) is 11.9 Å². The van der Waals surface area contributed by atoms with E-state index >= 15 is 0 Å². The number of rotatable bonds is 1. The Morgan fingerprint density at radius 2 is 1.79 bits per heavy atom. The summed E-state index contributed by atoms with van der Waals surface area (Å²) in [4.78, 5) is 4.65. The van der Waals surface area contributed by atoms with Gasteiger partial charge in [0.2, 0.25) is 0 Å². The smallest absolute Gasteiger partial charge is 0.0737 e. The summed E-state index contributed by atoms with van der Waals surface area (Å²) in [6.07, 6.45) is 1.00. The molecule has 1 heteroatoms. The van der Waals surface area contributed by atoms with Crippen LogP contribution < -0.4 is 0 Å².